The molecule has 0 saturated heterocycles. The standard InChI is InChI=1S/C18H17FN2O/c1-14(11-12-16-9-5-6-10-17(16)19)20-21-18(22)13-15-7-3-2-4-8-15/h2-12H,13H2,1H3,(H,21,22)/b12-11+,20-14-. The van der Waals surface area contributed by atoms with Crippen molar-refractivity contribution >= 4 is 17.7 Å². The Kier molecular flexibility index (Phi) is 5.60. The van der Waals surface area contributed by atoms with Crippen LogP contribution in [0.4, 0.5) is 4.39 Å². The molecule has 0 aliphatic carbocycles. The molecule has 0 aliphatic heterocycles. The SMILES string of the molecule is CC(/C=C/c1ccccc1F)=N/NC(=O)Cc1ccccc1. The van der Waals surface area contributed by atoms with Gasteiger partial charge in [0.2, 0.25) is 5.91 Å². The predicted molar refractivity (Wildman–Crippen MR) is 86.8 cm³/mol. The van der Waals surface area contributed by atoms with Gasteiger partial charge >= 0.3 is 0 Å². The van der Waals surface area contributed by atoms with Gasteiger partial charge in [0.25, 0.3) is 0 Å². The average molecular weight is 296 g/mol. The minimum Gasteiger partial charge on any atom is -0.273 e. The normalized spacial score (nSPS) is 11.6. The highest BCUT2D eigenvalue weighted by atomic mass is 19.1. The van der Waals surface area contributed by atoms with E-state index in [1.54, 1.807) is 37.3 Å². The summed E-state index contributed by atoms with van der Waals surface area (Å²) in [6, 6.07) is 15.9. The van der Waals surface area contributed by atoms with Gasteiger partial charge in [-0.2, -0.15) is 5.10 Å². The van der Waals surface area contributed by atoms with Crippen LogP contribution in [0.3, 0.4) is 0 Å². The molecule has 2 aromatic rings. The number of carbonyl (C=O) groups is 1. The molecule has 2 aromatic carbocycles. The van der Waals surface area contributed by atoms with E-state index in [9.17, 15) is 9.18 Å². The summed E-state index contributed by atoms with van der Waals surface area (Å²) in [6.07, 6.45) is 3.55. The first kappa shape index (κ1) is 15.6. The maximum atomic E-state index is 13.4. The molecular weight excluding hydrogens is 279 g/mol. The number of benzene rings is 2. The van der Waals surface area contributed by atoms with Crippen LogP contribution in [0.25, 0.3) is 6.08 Å². The Balaban J connectivity index is 1.90. The maximum Gasteiger partial charge on any atom is 0.244 e. The van der Waals surface area contributed by atoms with Crippen molar-refractivity contribution in [2.75, 3.05) is 0 Å². The van der Waals surface area contributed by atoms with E-state index in [0.29, 0.717) is 11.3 Å². The van der Waals surface area contributed by atoms with E-state index in [0.717, 1.165) is 5.56 Å². The van der Waals surface area contributed by atoms with Crippen molar-refractivity contribution in [3.05, 3.63) is 77.6 Å². The molecule has 1 N–H and O–H groups in total. The number of halogens is 1. The molecule has 3 nitrogen and oxygen atoms in total. The Morgan fingerprint density at radius 2 is 1.82 bits per heavy atom. The van der Waals surface area contributed by atoms with E-state index in [1.165, 1.54) is 6.07 Å². The van der Waals surface area contributed by atoms with Gasteiger partial charge in [-0.1, -0.05) is 54.6 Å². The second-order valence-electron chi connectivity index (χ2n) is 4.81. The first-order chi connectivity index (χ1) is 10.6. The number of rotatable bonds is 5. The number of hydrazone groups is 1. The van der Waals surface area contributed by atoms with Crippen molar-refractivity contribution < 1.29 is 9.18 Å². The minimum absolute atomic E-state index is 0.190. The zero-order valence-electron chi connectivity index (χ0n) is 12.3. The lowest BCUT2D eigenvalue weighted by molar-refractivity contribution is -0.120. The predicted octanol–water partition coefficient (Wildman–Crippen LogP) is 3.57. The smallest absolute Gasteiger partial charge is 0.244 e. The van der Waals surface area contributed by atoms with Gasteiger partial charge in [0.05, 0.1) is 12.1 Å². The monoisotopic (exact) mass is 296 g/mol. The third-order valence-electron chi connectivity index (χ3n) is 2.97. The van der Waals surface area contributed by atoms with E-state index in [2.05, 4.69) is 10.5 Å². The maximum absolute atomic E-state index is 13.4. The highest BCUT2D eigenvalue weighted by molar-refractivity contribution is 5.97. The molecule has 0 heterocycles. The number of nitrogens with one attached hydrogen (secondary N) is 1. The quantitative estimate of drug-likeness (QED) is 0.665. The van der Waals surface area contributed by atoms with Gasteiger partial charge in [0, 0.05) is 5.56 Å². The number of amides is 1. The van der Waals surface area contributed by atoms with Crippen molar-refractivity contribution in [1.82, 2.24) is 5.43 Å². The minimum atomic E-state index is -0.292. The summed E-state index contributed by atoms with van der Waals surface area (Å²) in [4.78, 5) is 11.7. The van der Waals surface area contributed by atoms with Crippen LogP contribution in [-0.2, 0) is 11.2 Å². The second-order valence-corrected chi connectivity index (χ2v) is 4.81. The van der Waals surface area contributed by atoms with Crippen LogP contribution in [0.1, 0.15) is 18.1 Å². The van der Waals surface area contributed by atoms with Crippen molar-refractivity contribution in [2.24, 2.45) is 5.10 Å². The molecule has 0 spiro atoms. The Morgan fingerprint density at radius 3 is 2.55 bits per heavy atom. The van der Waals surface area contributed by atoms with Crippen LogP contribution in [0.15, 0.2) is 65.8 Å². The first-order valence-corrected chi connectivity index (χ1v) is 6.95. The van der Waals surface area contributed by atoms with Gasteiger partial charge in [-0.3, -0.25) is 4.79 Å². The Bertz CT molecular complexity index is 693. The number of nitrogens with zero attached hydrogens (tertiary/aromatic N) is 1. The van der Waals surface area contributed by atoms with Crippen molar-refractivity contribution in [2.45, 2.75) is 13.3 Å². The molecule has 0 radical (unpaired) electrons. The topological polar surface area (TPSA) is 41.5 Å². The molecule has 112 valence electrons. The van der Waals surface area contributed by atoms with Crippen LogP contribution in [-0.4, -0.2) is 11.6 Å². The Hall–Kier alpha value is -2.75. The summed E-state index contributed by atoms with van der Waals surface area (Å²) < 4.78 is 13.4. The van der Waals surface area contributed by atoms with E-state index < -0.39 is 0 Å². The van der Waals surface area contributed by atoms with E-state index >= 15 is 0 Å². The first-order valence-electron chi connectivity index (χ1n) is 6.95. The summed E-state index contributed by atoms with van der Waals surface area (Å²) in [5, 5.41) is 3.97. The molecule has 22 heavy (non-hydrogen) atoms. The molecule has 0 aromatic heterocycles. The van der Waals surface area contributed by atoms with Gasteiger partial charge in [-0.25, -0.2) is 9.82 Å². The molecular formula is C18H17FN2O. The third kappa shape index (κ3) is 4.98. The van der Waals surface area contributed by atoms with Crippen LogP contribution in [0, 0.1) is 5.82 Å². The number of hydrogen-bond donors (Lipinski definition) is 1. The molecule has 0 aliphatic rings. The third-order valence-corrected chi connectivity index (χ3v) is 2.97. The fourth-order valence-corrected chi connectivity index (χ4v) is 1.83. The lowest BCUT2D eigenvalue weighted by atomic mass is 10.1. The van der Waals surface area contributed by atoms with Gasteiger partial charge in [0.1, 0.15) is 5.82 Å². The fourth-order valence-electron chi connectivity index (χ4n) is 1.83. The molecule has 1 amide bonds. The number of hydrogen-bond acceptors (Lipinski definition) is 2. The van der Waals surface area contributed by atoms with Gasteiger partial charge in [-0.05, 0) is 24.6 Å². The van der Waals surface area contributed by atoms with E-state index in [4.69, 9.17) is 0 Å². The molecule has 0 bridgehead atoms. The molecule has 2 rings (SSSR count). The lowest BCUT2D eigenvalue weighted by Crippen LogP contribution is -2.20. The van der Waals surface area contributed by atoms with Crippen LogP contribution >= 0.6 is 0 Å². The highest BCUT2D eigenvalue weighted by Gasteiger charge is 2.01. The van der Waals surface area contributed by atoms with E-state index in [1.807, 2.05) is 30.3 Å². The summed E-state index contributed by atoms with van der Waals surface area (Å²) in [6.45, 7) is 1.74. The summed E-state index contributed by atoms with van der Waals surface area (Å²) in [5.74, 6) is -0.482. The zero-order valence-corrected chi connectivity index (χ0v) is 12.3. The van der Waals surface area contributed by atoms with Crippen molar-refractivity contribution in [3.63, 3.8) is 0 Å². The van der Waals surface area contributed by atoms with Gasteiger partial charge in [-0.15, -0.1) is 0 Å². The molecule has 0 saturated carbocycles. The highest BCUT2D eigenvalue weighted by Crippen LogP contribution is 2.08. The molecule has 0 unspecified atom stereocenters. The Labute approximate surface area is 129 Å². The molecule has 0 atom stereocenters. The van der Waals surface area contributed by atoms with Crippen molar-refractivity contribution in [1.29, 1.82) is 0 Å². The summed E-state index contributed by atoms with van der Waals surface area (Å²) in [7, 11) is 0. The molecule has 4 heteroatoms. The van der Waals surface area contributed by atoms with Crippen molar-refractivity contribution in [3.8, 4) is 0 Å². The Morgan fingerprint density at radius 1 is 1.14 bits per heavy atom. The number of allylic oxidation sites excluding steroid dienone is 1. The molecule has 0 fully saturated rings. The van der Waals surface area contributed by atoms with Crippen LogP contribution < -0.4 is 5.43 Å². The zero-order chi connectivity index (χ0) is 15.8. The van der Waals surface area contributed by atoms with Crippen LogP contribution in [0.5, 0.6) is 0 Å². The largest absolute Gasteiger partial charge is 0.273 e. The summed E-state index contributed by atoms with van der Waals surface area (Å²) >= 11 is 0. The summed E-state index contributed by atoms with van der Waals surface area (Å²) in [5.41, 5.74) is 4.48. The fraction of sp³-hybridized carbons (Fsp3) is 0.111. The van der Waals surface area contributed by atoms with Gasteiger partial charge < -0.3 is 0 Å². The van der Waals surface area contributed by atoms with E-state index in [-0.39, 0.29) is 18.1 Å². The average Bonchev–Trinajstić information content (AvgIpc) is 2.53. The van der Waals surface area contributed by atoms with Crippen LogP contribution in [0.2, 0.25) is 0 Å². The second kappa shape index (κ2) is 7.88. The number of carbonyl (C=O) groups excluding carboxylic acids is 1. The van der Waals surface area contributed by atoms with Gasteiger partial charge in [0.15, 0.2) is 0 Å². The lowest BCUT2D eigenvalue weighted by Gasteiger charge is -2.01.